The Morgan fingerprint density at radius 1 is 0.962 bits per heavy atom. The number of carbonyl (C=O) groups excluding carboxylic acids is 1. The van der Waals surface area contributed by atoms with Gasteiger partial charge in [0.05, 0.1) is 11.3 Å². The molecule has 3 nitrogen and oxygen atoms in total. The summed E-state index contributed by atoms with van der Waals surface area (Å²) in [6, 6.07) is 17.8. The molecule has 0 aliphatic carbocycles. The van der Waals surface area contributed by atoms with Crippen LogP contribution in [0.15, 0.2) is 66.7 Å². The molecule has 26 heavy (non-hydrogen) atoms. The Morgan fingerprint density at radius 3 is 2.38 bits per heavy atom. The van der Waals surface area contributed by atoms with Gasteiger partial charge in [-0.3, -0.25) is 4.79 Å². The fourth-order valence-corrected chi connectivity index (χ4v) is 2.62. The number of ether oxygens (including phenoxy) is 1. The fraction of sp³-hybridized carbons (Fsp3) is 0.150. The van der Waals surface area contributed by atoms with Crippen LogP contribution in [0, 0.1) is 0 Å². The molecule has 0 unspecified atom stereocenters. The second-order valence-electron chi connectivity index (χ2n) is 5.77. The molecule has 0 aliphatic rings. The molecule has 0 spiro atoms. The number of fused-ring (bicyclic) bond motifs is 1. The van der Waals surface area contributed by atoms with Crippen molar-refractivity contribution in [3.05, 3.63) is 72.3 Å². The van der Waals surface area contributed by atoms with Crippen molar-refractivity contribution in [2.24, 2.45) is 0 Å². The molecule has 0 bridgehead atoms. The molecule has 1 amide bonds. The number of carbonyl (C=O) groups is 1. The number of halogens is 3. The van der Waals surface area contributed by atoms with E-state index in [1.807, 2.05) is 30.3 Å². The maximum absolute atomic E-state index is 13.0. The summed E-state index contributed by atoms with van der Waals surface area (Å²) in [6.45, 7) is 1.49. The third-order valence-electron chi connectivity index (χ3n) is 3.91. The zero-order chi connectivity index (χ0) is 18.7. The average molecular weight is 359 g/mol. The highest BCUT2D eigenvalue weighted by Crippen LogP contribution is 2.34. The number of benzene rings is 3. The van der Waals surface area contributed by atoms with Gasteiger partial charge >= 0.3 is 6.18 Å². The van der Waals surface area contributed by atoms with Crippen LogP contribution in [0.25, 0.3) is 10.8 Å². The average Bonchev–Trinajstić information content (AvgIpc) is 2.61. The molecule has 3 rings (SSSR count). The molecule has 0 heterocycles. The van der Waals surface area contributed by atoms with Crippen molar-refractivity contribution >= 4 is 22.4 Å². The highest BCUT2D eigenvalue weighted by molar-refractivity contribution is 5.95. The third kappa shape index (κ3) is 3.79. The molecule has 1 atom stereocenters. The zero-order valence-electron chi connectivity index (χ0n) is 13.9. The molecule has 0 saturated carbocycles. The van der Waals surface area contributed by atoms with E-state index in [-0.39, 0.29) is 5.69 Å². The number of nitrogens with one attached hydrogen (secondary N) is 1. The van der Waals surface area contributed by atoms with E-state index >= 15 is 0 Å². The minimum atomic E-state index is -4.55. The number of amides is 1. The topological polar surface area (TPSA) is 38.3 Å². The van der Waals surface area contributed by atoms with Crippen LogP contribution in [0.2, 0.25) is 0 Å². The fourth-order valence-electron chi connectivity index (χ4n) is 2.62. The van der Waals surface area contributed by atoms with Crippen LogP contribution in [-0.4, -0.2) is 12.0 Å². The van der Waals surface area contributed by atoms with Crippen LogP contribution in [-0.2, 0) is 11.0 Å². The van der Waals surface area contributed by atoms with Crippen LogP contribution in [0.4, 0.5) is 18.9 Å². The van der Waals surface area contributed by atoms with Gasteiger partial charge in [-0.15, -0.1) is 0 Å². The second kappa shape index (κ2) is 7.07. The Hall–Kier alpha value is -3.02. The van der Waals surface area contributed by atoms with Crippen molar-refractivity contribution in [2.75, 3.05) is 5.32 Å². The minimum absolute atomic E-state index is 0.293. The lowest BCUT2D eigenvalue weighted by atomic mass is 10.1. The third-order valence-corrected chi connectivity index (χ3v) is 3.91. The lowest BCUT2D eigenvalue weighted by Gasteiger charge is -2.18. The SMILES string of the molecule is C[C@H](Oc1cccc2ccccc12)C(=O)Nc1ccccc1C(F)(F)F. The molecule has 1 N–H and O–H groups in total. The van der Waals surface area contributed by atoms with Crippen LogP contribution in [0.1, 0.15) is 12.5 Å². The molecule has 0 saturated heterocycles. The lowest BCUT2D eigenvalue weighted by Crippen LogP contribution is -2.31. The Bertz CT molecular complexity index is 932. The quantitative estimate of drug-likeness (QED) is 0.690. The van der Waals surface area contributed by atoms with Gasteiger partial charge in [0.15, 0.2) is 6.10 Å². The van der Waals surface area contributed by atoms with E-state index in [0.717, 1.165) is 16.8 Å². The number of alkyl halides is 3. The first kappa shape index (κ1) is 17.8. The second-order valence-corrected chi connectivity index (χ2v) is 5.77. The van der Waals surface area contributed by atoms with Gasteiger partial charge in [-0.1, -0.05) is 48.5 Å². The monoisotopic (exact) mass is 359 g/mol. The smallest absolute Gasteiger partial charge is 0.418 e. The maximum Gasteiger partial charge on any atom is 0.418 e. The van der Waals surface area contributed by atoms with E-state index in [2.05, 4.69) is 5.32 Å². The molecule has 6 heteroatoms. The number of para-hydroxylation sites is 1. The lowest BCUT2D eigenvalue weighted by molar-refractivity contribution is -0.137. The van der Waals surface area contributed by atoms with Gasteiger partial charge in [-0.05, 0) is 30.5 Å². The normalized spacial score (nSPS) is 12.6. The number of anilines is 1. The highest BCUT2D eigenvalue weighted by atomic mass is 19.4. The number of hydrogen-bond acceptors (Lipinski definition) is 2. The van der Waals surface area contributed by atoms with E-state index in [0.29, 0.717) is 5.75 Å². The Labute approximate surface area is 148 Å². The molecule has 134 valence electrons. The Morgan fingerprint density at radius 2 is 1.62 bits per heavy atom. The predicted molar refractivity (Wildman–Crippen MR) is 94.1 cm³/mol. The van der Waals surface area contributed by atoms with Gasteiger partial charge in [-0.25, -0.2) is 0 Å². The van der Waals surface area contributed by atoms with Crippen LogP contribution in [0.3, 0.4) is 0 Å². The zero-order valence-corrected chi connectivity index (χ0v) is 13.9. The summed E-state index contributed by atoms with van der Waals surface area (Å²) in [6.07, 6.45) is -5.52. The molecule has 0 aromatic heterocycles. The highest BCUT2D eigenvalue weighted by Gasteiger charge is 2.34. The Kier molecular flexibility index (Phi) is 4.84. The first-order valence-corrected chi connectivity index (χ1v) is 7.98. The minimum Gasteiger partial charge on any atom is -0.480 e. The van der Waals surface area contributed by atoms with Gasteiger partial charge in [0.25, 0.3) is 5.91 Å². The molecular formula is C20H16F3NO2. The molecule has 3 aromatic carbocycles. The Balaban J connectivity index is 1.79. The molecule has 3 aromatic rings. The maximum atomic E-state index is 13.0. The van der Waals surface area contributed by atoms with Crippen LogP contribution in [0.5, 0.6) is 5.75 Å². The predicted octanol–water partition coefficient (Wildman–Crippen LogP) is 5.26. The van der Waals surface area contributed by atoms with Crippen LogP contribution >= 0.6 is 0 Å². The summed E-state index contributed by atoms with van der Waals surface area (Å²) in [5, 5.41) is 4.07. The first-order chi connectivity index (χ1) is 12.4. The van der Waals surface area contributed by atoms with E-state index < -0.39 is 23.8 Å². The summed E-state index contributed by atoms with van der Waals surface area (Å²) in [5.74, 6) is -0.163. The summed E-state index contributed by atoms with van der Waals surface area (Å²) >= 11 is 0. The standard InChI is InChI=1S/C20H16F3NO2/c1-13(26-18-12-6-8-14-7-2-3-9-15(14)18)19(25)24-17-11-5-4-10-16(17)20(21,22)23/h2-13H,1H3,(H,24,25)/t13-/m0/s1. The van der Waals surface area contributed by atoms with Crippen molar-refractivity contribution in [1.82, 2.24) is 0 Å². The van der Waals surface area contributed by atoms with Gasteiger partial charge in [0.1, 0.15) is 5.75 Å². The van der Waals surface area contributed by atoms with E-state index in [4.69, 9.17) is 4.74 Å². The van der Waals surface area contributed by atoms with Gasteiger partial charge in [-0.2, -0.15) is 13.2 Å². The summed E-state index contributed by atoms with van der Waals surface area (Å²) in [4.78, 5) is 12.3. The summed E-state index contributed by atoms with van der Waals surface area (Å²) in [5.41, 5.74) is -1.19. The van der Waals surface area contributed by atoms with Crippen molar-refractivity contribution < 1.29 is 22.7 Å². The molecular weight excluding hydrogens is 343 g/mol. The van der Waals surface area contributed by atoms with E-state index in [1.54, 1.807) is 12.1 Å². The molecule has 0 radical (unpaired) electrons. The largest absolute Gasteiger partial charge is 0.480 e. The van der Waals surface area contributed by atoms with Crippen LogP contribution < -0.4 is 10.1 Å². The number of rotatable bonds is 4. The van der Waals surface area contributed by atoms with Crippen molar-refractivity contribution in [2.45, 2.75) is 19.2 Å². The number of hydrogen-bond donors (Lipinski definition) is 1. The van der Waals surface area contributed by atoms with Gasteiger partial charge < -0.3 is 10.1 Å². The summed E-state index contributed by atoms with van der Waals surface area (Å²) < 4.78 is 44.8. The summed E-state index contributed by atoms with van der Waals surface area (Å²) in [7, 11) is 0. The first-order valence-electron chi connectivity index (χ1n) is 7.98. The van der Waals surface area contributed by atoms with Crippen molar-refractivity contribution in [1.29, 1.82) is 0 Å². The van der Waals surface area contributed by atoms with Gasteiger partial charge in [0.2, 0.25) is 0 Å². The van der Waals surface area contributed by atoms with E-state index in [9.17, 15) is 18.0 Å². The van der Waals surface area contributed by atoms with E-state index in [1.165, 1.54) is 25.1 Å². The molecule has 0 aliphatic heterocycles. The van der Waals surface area contributed by atoms with Crippen molar-refractivity contribution in [3.8, 4) is 5.75 Å². The van der Waals surface area contributed by atoms with Crippen molar-refractivity contribution in [3.63, 3.8) is 0 Å². The molecule has 0 fully saturated rings. The van der Waals surface area contributed by atoms with Gasteiger partial charge in [0, 0.05) is 5.39 Å².